The Morgan fingerprint density at radius 3 is 2.47 bits per heavy atom. The molecule has 0 spiro atoms. The number of rotatable bonds is 8. The van der Waals surface area contributed by atoms with E-state index in [9.17, 15) is 13.2 Å². The molecule has 1 saturated heterocycles. The Morgan fingerprint density at radius 2 is 1.82 bits per heavy atom. The van der Waals surface area contributed by atoms with Gasteiger partial charge in [-0.05, 0) is 36.1 Å². The quantitative estimate of drug-likeness (QED) is 0.492. The van der Waals surface area contributed by atoms with Gasteiger partial charge in [0, 0.05) is 23.0 Å². The van der Waals surface area contributed by atoms with Crippen LogP contribution in [0.2, 0.25) is 0 Å². The van der Waals surface area contributed by atoms with Crippen LogP contribution in [0.5, 0.6) is 5.75 Å². The number of benzene rings is 3. The molecular weight excluding hydrogens is 464 g/mol. The van der Waals surface area contributed by atoms with Crippen LogP contribution in [0, 0.1) is 17.6 Å². The highest BCUT2D eigenvalue weighted by Crippen LogP contribution is 2.43. The van der Waals surface area contributed by atoms with Gasteiger partial charge in [-0.1, -0.05) is 44.2 Å². The Labute approximate surface area is 196 Å². The SMILES string of the molecule is CC(C)CCNc1ccc2c(F)c(OCc3ccccc3)c(N3CC(=O)NS3(=O)=O)c(F)c2c1. The van der Waals surface area contributed by atoms with Crippen LogP contribution in [0.3, 0.4) is 0 Å². The molecule has 0 saturated carbocycles. The van der Waals surface area contributed by atoms with Crippen LogP contribution in [0.4, 0.5) is 20.2 Å². The average molecular weight is 490 g/mol. The van der Waals surface area contributed by atoms with Gasteiger partial charge in [-0.25, -0.2) is 17.8 Å². The molecule has 0 bridgehead atoms. The summed E-state index contributed by atoms with van der Waals surface area (Å²) < 4.78 is 64.5. The smallest absolute Gasteiger partial charge is 0.326 e. The molecule has 3 aromatic rings. The first-order valence-corrected chi connectivity index (χ1v) is 12.3. The van der Waals surface area contributed by atoms with Gasteiger partial charge < -0.3 is 10.1 Å². The maximum atomic E-state index is 15.9. The predicted molar refractivity (Wildman–Crippen MR) is 127 cm³/mol. The van der Waals surface area contributed by atoms with Gasteiger partial charge in [0.1, 0.15) is 18.8 Å². The molecule has 0 radical (unpaired) electrons. The maximum absolute atomic E-state index is 15.9. The third kappa shape index (κ3) is 4.77. The zero-order valence-electron chi connectivity index (χ0n) is 18.8. The molecule has 180 valence electrons. The number of hydrogen-bond donors (Lipinski definition) is 2. The van der Waals surface area contributed by atoms with Crippen molar-refractivity contribution in [3.63, 3.8) is 0 Å². The van der Waals surface area contributed by atoms with E-state index in [1.165, 1.54) is 12.1 Å². The van der Waals surface area contributed by atoms with E-state index in [0.717, 1.165) is 6.42 Å². The van der Waals surface area contributed by atoms with E-state index in [0.29, 0.717) is 28.0 Å². The van der Waals surface area contributed by atoms with Crippen LogP contribution < -0.4 is 19.1 Å². The predicted octanol–water partition coefficient (Wildman–Crippen LogP) is 4.34. The lowest BCUT2D eigenvalue weighted by Crippen LogP contribution is -2.31. The number of nitrogens with one attached hydrogen (secondary N) is 2. The van der Waals surface area contributed by atoms with Crippen molar-refractivity contribution in [3.8, 4) is 5.75 Å². The number of ether oxygens (including phenoxy) is 1. The standard InChI is InChI=1S/C24H25F2N3O4S/c1-15(2)10-11-27-17-8-9-18-19(12-17)21(25)23(29-13-20(30)28-34(29,31)32)24(22(18)26)33-14-16-6-4-3-5-7-16/h3-9,12,15,27H,10-11,13-14H2,1-2H3,(H,28,30). The van der Waals surface area contributed by atoms with E-state index in [4.69, 9.17) is 4.74 Å². The van der Waals surface area contributed by atoms with Crippen molar-refractivity contribution < 1.29 is 26.7 Å². The highest BCUT2D eigenvalue weighted by atomic mass is 32.2. The van der Waals surface area contributed by atoms with Crippen molar-refractivity contribution in [1.29, 1.82) is 0 Å². The largest absolute Gasteiger partial charge is 0.483 e. The molecular formula is C24H25F2N3O4S. The van der Waals surface area contributed by atoms with Crippen molar-refractivity contribution in [3.05, 3.63) is 65.7 Å². The Balaban J connectivity index is 1.82. The topological polar surface area (TPSA) is 87.7 Å². The molecule has 34 heavy (non-hydrogen) atoms. The van der Waals surface area contributed by atoms with Crippen LogP contribution in [-0.4, -0.2) is 27.4 Å². The van der Waals surface area contributed by atoms with Crippen LogP contribution >= 0.6 is 0 Å². The number of anilines is 2. The minimum absolute atomic E-state index is 0.0606. The molecule has 1 amide bonds. The zero-order valence-corrected chi connectivity index (χ0v) is 19.6. The molecule has 0 unspecified atom stereocenters. The van der Waals surface area contributed by atoms with E-state index in [-0.39, 0.29) is 17.4 Å². The second-order valence-electron chi connectivity index (χ2n) is 8.49. The normalized spacial score (nSPS) is 15.1. The van der Waals surface area contributed by atoms with Gasteiger partial charge in [0.25, 0.3) is 5.91 Å². The molecule has 1 aliphatic heterocycles. The lowest BCUT2D eigenvalue weighted by atomic mass is 10.1. The van der Waals surface area contributed by atoms with E-state index in [1.54, 1.807) is 41.1 Å². The van der Waals surface area contributed by atoms with Gasteiger partial charge in [0.15, 0.2) is 17.4 Å². The van der Waals surface area contributed by atoms with Gasteiger partial charge in [-0.3, -0.25) is 4.79 Å². The third-order valence-electron chi connectivity index (χ3n) is 5.46. The lowest BCUT2D eigenvalue weighted by molar-refractivity contribution is -0.117. The summed E-state index contributed by atoms with van der Waals surface area (Å²) in [7, 11) is -4.41. The molecule has 4 rings (SSSR count). The first-order valence-electron chi connectivity index (χ1n) is 10.9. The summed E-state index contributed by atoms with van der Waals surface area (Å²) in [6.07, 6.45) is 0.881. The second kappa shape index (κ2) is 9.46. The van der Waals surface area contributed by atoms with Crippen LogP contribution in [0.15, 0.2) is 48.5 Å². The molecule has 1 aliphatic rings. The summed E-state index contributed by atoms with van der Waals surface area (Å²) in [4.78, 5) is 11.8. The lowest BCUT2D eigenvalue weighted by Gasteiger charge is -2.22. The van der Waals surface area contributed by atoms with Crippen molar-refractivity contribution in [2.75, 3.05) is 22.7 Å². The van der Waals surface area contributed by atoms with Crippen molar-refractivity contribution in [2.24, 2.45) is 5.92 Å². The number of amides is 1. The zero-order chi connectivity index (χ0) is 24.5. The highest BCUT2D eigenvalue weighted by molar-refractivity contribution is 7.92. The molecule has 0 aliphatic carbocycles. The van der Waals surface area contributed by atoms with Crippen LogP contribution in [0.25, 0.3) is 10.8 Å². The monoisotopic (exact) mass is 489 g/mol. The highest BCUT2D eigenvalue weighted by Gasteiger charge is 2.39. The van der Waals surface area contributed by atoms with Gasteiger partial charge in [0.05, 0.1) is 0 Å². The van der Waals surface area contributed by atoms with E-state index >= 15 is 8.78 Å². The third-order valence-corrected chi connectivity index (χ3v) is 6.84. The number of hydrogen-bond acceptors (Lipinski definition) is 5. The van der Waals surface area contributed by atoms with Crippen molar-refractivity contribution in [2.45, 2.75) is 26.9 Å². The fourth-order valence-corrected chi connectivity index (χ4v) is 4.87. The van der Waals surface area contributed by atoms with Gasteiger partial charge in [0.2, 0.25) is 0 Å². The summed E-state index contributed by atoms with van der Waals surface area (Å²) in [5, 5.41) is 2.99. The average Bonchev–Trinajstić information content (AvgIpc) is 3.07. The minimum Gasteiger partial charge on any atom is -0.483 e. The van der Waals surface area contributed by atoms with E-state index < -0.39 is 45.7 Å². The summed E-state index contributed by atoms with van der Waals surface area (Å²) in [6.45, 7) is 3.98. The minimum atomic E-state index is -4.41. The van der Waals surface area contributed by atoms with E-state index in [2.05, 4.69) is 19.2 Å². The van der Waals surface area contributed by atoms with Crippen LogP contribution in [-0.2, 0) is 21.6 Å². The summed E-state index contributed by atoms with van der Waals surface area (Å²) in [5.74, 6) is -2.87. The summed E-state index contributed by atoms with van der Waals surface area (Å²) in [6, 6.07) is 13.3. The molecule has 10 heteroatoms. The Morgan fingerprint density at radius 1 is 1.09 bits per heavy atom. The summed E-state index contributed by atoms with van der Waals surface area (Å²) >= 11 is 0. The molecule has 0 aromatic heterocycles. The molecule has 7 nitrogen and oxygen atoms in total. The number of fused-ring (bicyclic) bond motifs is 1. The Hall–Kier alpha value is -3.40. The number of nitrogens with zero attached hydrogens (tertiary/aromatic N) is 1. The number of halogens is 2. The van der Waals surface area contributed by atoms with E-state index in [1.807, 2.05) is 0 Å². The number of carbonyl (C=O) groups excluding carboxylic acids is 1. The summed E-state index contributed by atoms with van der Waals surface area (Å²) in [5.41, 5.74) is 0.601. The molecule has 3 aromatic carbocycles. The van der Waals surface area contributed by atoms with Gasteiger partial charge in [-0.15, -0.1) is 0 Å². The fraction of sp³-hybridized carbons (Fsp3) is 0.292. The fourth-order valence-electron chi connectivity index (χ4n) is 3.72. The first-order chi connectivity index (χ1) is 16.2. The van der Waals surface area contributed by atoms with Gasteiger partial charge in [-0.2, -0.15) is 8.42 Å². The molecule has 2 N–H and O–H groups in total. The second-order valence-corrected chi connectivity index (χ2v) is 10.1. The molecule has 1 fully saturated rings. The van der Waals surface area contributed by atoms with Crippen LogP contribution in [0.1, 0.15) is 25.8 Å². The Kier molecular flexibility index (Phi) is 6.60. The molecule has 1 heterocycles. The number of carbonyl (C=O) groups is 1. The Bertz CT molecular complexity index is 1330. The molecule has 0 atom stereocenters. The van der Waals surface area contributed by atoms with Gasteiger partial charge >= 0.3 is 10.2 Å². The van der Waals surface area contributed by atoms with Crippen molar-refractivity contribution >= 4 is 38.3 Å². The maximum Gasteiger partial charge on any atom is 0.326 e. The van der Waals surface area contributed by atoms with Crippen molar-refractivity contribution in [1.82, 2.24) is 4.72 Å². The first kappa shape index (κ1) is 23.7.